The Morgan fingerprint density at radius 1 is 0.676 bits per heavy atom. The molecule has 3 nitrogen and oxygen atoms in total. The summed E-state index contributed by atoms with van der Waals surface area (Å²) in [7, 11) is 0. The Morgan fingerprint density at radius 2 is 1.26 bits per heavy atom. The average Bonchev–Trinajstić information content (AvgIpc) is 3.55. The molecule has 6 aromatic rings. The summed E-state index contributed by atoms with van der Waals surface area (Å²) in [6.07, 6.45) is 0. The lowest BCUT2D eigenvalue weighted by Gasteiger charge is -1.82. The molecule has 6 rings (SSSR count). The Hall–Kier alpha value is -2.70. The number of aryl methyl sites for hydroxylation is 3. The molecule has 3 N–H and O–H groups in total. The Labute approximate surface area is 202 Å². The molecule has 12 heteroatoms. The number of fused-ring (bicyclic) bond motifs is 3. The van der Waals surface area contributed by atoms with Gasteiger partial charge in [-0.1, -0.05) is 30.1 Å². The van der Waals surface area contributed by atoms with Gasteiger partial charge in [-0.15, -0.1) is 11.3 Å². The highest BCUT2D eigenvalue weighted by molar-refractivity contribution is 7.17. The van der Waals surface area contributed by atoms with E-state index in [9.17, 15) is 26.3 Å². The van der Waals surface area contributed by atoms with Gasteiger partial charge in [0.15, 0.2) is 22.6 Å². The molecule has 182 valence electrons. The van der Waals surface area contributed by atoms with Crippen LogP contribution in [0.15, 0.2) is 17.5 Å². The van der Waals surface area contributed by atoms with Crippen LogP contribution >= 0.6 is 34.0 Å². The van der Waals surface area contributed by atoms with Crippen molar-refractivity contribution in [1.29, 1.82) is 0 Å². The van der Waals surface area contributed by atoms with E-state index in [-0.39, 0.29) is 23.8 Å². The van der Waals surface area contributed by atoms with E-state index in [2.05, 4.69) is 15.0 Å². The second-order valence-corrected chi connectivity index (χ2v) is 9.95. The molecule has 34 heavy (non-hydrogen) atoms. The van der Waals surface area contributed by atoms with Gasteiger partial charge in [0, 0.05) is 33.2 Å². The second kappa shape index (κ2) is 9.88. The van der Waals surface area contributed by atoms with E-state index < -0.39 is 22.6 Å². The number of aromatic amines is 3. The molecule has 0 saturated carbocycles. The van der Waals surface area contributed by atoms with Crippen LogP contribution < -0.4 is 0 Å². The van der Waals surface area contributed by atoms with Crippen molar-refractivity contribution in [3.05, 3.63) is 68.1 Å². The van der Waals surface area contributed by atoms with Gasteiger partial charge >= 0.3 is 0 Å². The number of halogens is 6. The molecule has 0 unspecified atom stereocenters. The summed E-state index contributed by atoms with van der Waals surface area (Å²) in [4.78, 5) is 10.1. The van der Waals surface area contributed by atoms with Gasteiger partial charge in [-0.05, 0) is 32.9 Å². The molecular formula is C22H19F6N3S3. The topological polar surface area (TPSA) is 47.4 Å². The lowest BCUT2D eigenvalue weighted by atomic mass is 10.3. The molecule has 0 saturated heterocycles. The average molecular weight is 536 g/mol. The Bertz CT molecular complexity index is 1500. The molecule has 0 amide bonds. The van der Waals surface area contributed by atoms with Gasteiger partial charge in [0.05, 0.1) is 5.39 Å². The first-order valence-electron chi connectivity index (χ1n) is 9.33. The number of aromatic nitrogens is 3. The highest BCUT2D eigenvalue weighted by Crippen LogP contribution is 2.29. The fraction of sp³-hybridized carbons (Fsp3) is 0.182. The van der Waals surface area contributed by atoms with Crippen molar-refractivity contribution >= 4 is 64.7 Å². The van der Waals surface area contributed by atoms with Crippen molar-refractivity contribution in [2.24, 2.45) is 0 Å². The van der Waals surface area contributed by atoms with Crippen molar-refractivity contribution in [1.82, 2.24) is 15.0 Å². The molecule has 6 aromatic heterocycles. The van der Waals surface area contributed by atoms with Crippen molar-refractivity contribution in [2.45, 2.75) is 28.2 Å². The summed E-state index contributed by atoms with van der Waals surface area (Å²) in [6, 6.07) is 2.81. The molecule has 0 aliphatic carbocycles. The number of H-pyrrole nitrogens is 3. The Balaban J connectivity index is 0.000000141. The smallest absolute Gasteiger partial charge is 0.214 e. The molecule has 0 fully saturated rings. The van der Waals surface area contributed by atoms with E-state index in [1.54, 1.807) is 19.9 Å². The molecule has 0 bridgehead atoms. The van der Waals surface area contributed by atoms with E-state index in [1.165, 1.54) is 22.8 Å². The Morgan fingerprint density at radius 3 is 1.88 bits per heavy atom. The zero-order valence-corrected chi connectivity index (χ0v) is 19.7. The summed E-state index contributed by atoms with van der Waals surface area (Å²) in [5, 5.41) is 0.989. The van der Waals surface area contributed by atoms with Crippen LogP contribution in [-0.4, -0.2) is 15.0 Å². The summed E-state index contributed by atoms with van der Waals surface area (Å²) >= 11 is 2.91. The van der Waals surface area contributed by atoms with Crippen LogP contribution in [0.5, 0.6) is 0 Å². The van der Waals surface area contributed by atoms with Crippen LogP contribution in [0.4, 0.5) is 26.3 Å². The minimum absolute atomic E-state index is 0. The fourth-order valence-corrected chi connectivity index (χ4v) is 5.68. The minimum Gasteiger partial charge on any atom is -0.350 e. The van der Waals surface area contributed by atoms with Gasteiger partial charge in [-0.25, -0.2) is 17.6 Å². The number of nitrogens with one attached hydrogen (secondary N) is 3. The molecule has 0 aliphatic rings. The van der Waals surface area contributed by atoms with Gasteiger partial charge in [-0.2, -0.15) is 8.78 Å². The summed E-state index contributed by atoms with van der Waals surface area (Å²) in [5.74, 6) is -2.04. The summed E-state index contributed by atoms with van der Waals surface area (Å²) in [6.45, 7) is 5.02. The van der Waals surface area contributed by atoms with E-state index in [0.717, 1.165) is 28.4 Å². The molecule has 0 spiro atoms. The third-order valence-electron chi connectivity index (χ3n) is 4.68. The van der Waals surface area contributed by atoms with E-state index in [1.807, 2.05) is 6.92 Å². The first-order valence-corrected chi connectivity index (χ1v) is 11.8. The Kier molecular flexibility index (Phi) is 7.53. The van der Waals surface area contributed by atoms with Crippen molar-refractivity contribution in [3.8, 4) is 0 Å². The molecular weight excluding hydrogens is 516 g/mol. The third-order valence-corrected chi connectivity index (χ3v) is 7.27. The normalized spacial score (nSPS) is 10.9. The van der Waals surface area contributed by atoms with Crippen LogP contribution in [0.3, 0.4) is 0 Å². The standard InChI is InChI=1S/3C7H5F2NS.CH4/c1-3-6(9)5-4(8)2-11-7(5)10-3;1-3-6(9)4-2-5(8)11-7(4)10-3;1-3-2-4-5(8)6(9)11-7(4)10-3;/h3*2,10H,1H3;1H4. The maximum Gasteiger partial charge on any atom is 0.214 e. The van der Waals surface area contributed by atoms with Gasteiger partial charge in [-0.3, -0.25) is 0 Å². The molecule has 6 heterocycles. The monoisotopic (exact) mass is 535 g/mol. The SMILES string of the molecule is C.Cc1[nH]c2sc(F)cc2c1F.Cc1[nH]c2scc(F)c2c1F.Cc1cc2c(F)c(F)sc2[nH]1. The summed E-state index contributed by atoms with van der Waals surface area (Å²) in [5.41, 5.74) is 1.71. The van der Waals surface area contributed by atoms with Crippen LogP contribution in [-0.2, 0) is 0 Å². The van der Waals surface area contributed by atoms with Crippen LogP contribution in [0.2, 0.25) is 0 Å². The lowest BCUT2D eigenvalue weighted by Crippen LogP contribution is -1.75. The van der Waals surface area contributed by atoms with Crippen molar-refractivity contribution in [3.63, 3.8) is 0 Å². The van der Waals surface area contributed by atoms with E-state index in [4.69, 9.17) is 0 Å². The second-order valence-electron chi connectivity index (χ2n) is 7.09. The maximum absolute atomic E-state index is 13.0. The predicted molar refractivity (Wildman–Crippen MR) is 129 cm³/mol. The van der Waals surface area contributed by atoms with Crippen molar-refractivity contribution < 1.29 is 26.3 Å². The van der Waals surface area contributed by atoms with Crippen LogP contribution in [0.1, 0.15) is 24.5 Å². The van der Waals surface area contributed by atoms with Crippen molar-refractivity contribution in [2.75, 3.05) is 0 Å². The van der Waals surface area contributed by atoms with Gasteiger partial charge in [0.2, 0.25) is 5.13 Å². The largest absolute Gasteiger partial charge is 0.350 e. The number of rotatable bonds is 0. The van der Waals surface area contributed by atoms with Gasteiger partial charge in [0.1, 0.15) is 20.3 Å². The molecule has 0 atom stereocenters. The lowest BCUT2D eigenvalue weighted by molar-refractivity contribution is 0.538. The van der Waals surface area contributed by atoms with Crippen LogP contribution in [0, 0.1) is 54.3 Å². The highest BCUT2D eigenvalue weighted by atomic mass is 32.1. The zero-order chi connectivity index (χ0) is 24.0. The maximum atomic E-state index is 13.0. The minimum atomic E-state index is -0.744. The van der Waals surface area contributed by atoms with E-state index >= 15 is 0 Å². The first-order chi connectivity index (χ1) is 15.6. The molecule has 0 radical (unpaired) electrons. The van der Waals surface area contributed by atoms with E-state index in [0.29, 0.717) is 36.7 Å². The fourth-order valence-electron chi connectivity index (χ4n) is 3.14. The molecule has 0 aliphatic heterocycles. The quantitative estimate of drug-likeness (QED) is 0.163. The van der Waals surface area contributed by atoms with Gasteiger partial charge < -0.3 is 15.0 Å². The van der Waals surface area contributed by atoms with Gasteiger partial charge in [0.25, 0.3) is 0 Å². The highest BCUT2D eigenvalue weighted by Gasteiger charge is 2.14. The number of thiophene rings is 3. The predicted octanol–water partition coefficient (Wildman–Crippen LogP) is 9.08. The van der Waals surface area contributed by atoms with Crippen LogP contribution in [0.25, 0.3) is 30.6 Å². The summed E-state index contributed by atoms with van der Waals surface area (Å²) < 4.78 is 76.5. The number of hydrogen-bond donors (Lipinski definition) is 3. The molecule has 0 aromatic carbocycles. The first kappa shape index (κ1) is 25.9. The third kappa shape index (κ3) is 4.75. The zero-order valence-electron chi connectivity index (χ0n) is 17.2. The number of hydrogen-bond acceptors (Lipinski definition) is 3.